The third-order valence-corrected chi connectivity index (χ3v) is 6.43. The summed E-state index contributed by atoms with van der Waals surface area (Å²) < 4.78 is 7.34. The molecule has 2 N–H and O–H groups in total. The van der Waals surface area contributed by atoms with Crippen LogP contribution >= 0.6 is 0 Å². The average Bonchev–Trinajstić information content (AvgIpc) is 3.50. The van der Waals surface area contributed by atoms with Crippen LogP contribution in [0.25, 0.3) is 33.8 Å². The van der Waals surface area contributed by atoms with Crippen molar-refractivity contribution in [3.05, 3.63) is 89.4 Å². The number of nitrogens with one attached hydrogen (secondary N) is 2. The van der Waals surface area contributed by atoms with E-state index in [0.717, 1.165) is 44.8 Å². The largest absolute Gasteiger partial charge is 0.496 e. The van der Waals surface area contributed by atoms with Gasteiger partial charge in [0.25, 0.3) is 5.91 Å². The second-order valence-electron chi connectivity index (χ2n) is 9.00. The summed E-state index contributed by atoms with van der Waals surface area (Å²) in [5.74, 6) is 1.13. The van der Waals surface area contributed by atoms with Crippen LogP contribution in [0.5, 0.6) is 5.75 Å². The van der Waals surface area contributed by atoms with Crippen molar-refractivity contribution in [2.45, 2.75) is 20.8 Å². The van der Waals surface area contributed by atoms with Crippen molar-refractivity contribution in [3.8, 4) is 39.5 Å². The molecule has 1 amide bonds. The number of ether oxygens (including phenoxy) is 1. The number of amides is 1. The molecule has 5 aromatic rings. The lowest BCUT2D eigenvalue weighted by molar-refractivity contribution is 0.102. The fourth-order valence-electron chi connectivity index (χ4n) is 4.54. The number of benzene rings is 3. The molecule has 0 saturated heterocycles. The summed E-state index contributed by atoms with van der Waals surface area (Å²) in [6.45, 7) is 5.98. The summed E-state index contributed by atoms with van der Waals surface area (Å²) >= 11 is 0. The van der Waals surface area contributed by atoms with Gasteiger partial charge in [0, 0.05) is 35.1 Å². The smallest absolute Gasteiger partial charge is 0.276 e. The van der Waals surface area contributed by atoms with Crippen molar-refractivity contribution in [2.24, 2.45) is 7.05 Å². The maximum atomic E-state index is 13.2. The van der Waals surface area contributed by atoms with E-state index in [1.807, 2.05) is 68.7 Å². The summed E-state index contributed by atoms with van der Waals surface area (Å²) in [7, 11) is 3.49. The number of carbonyl (C=O) groups is 1. The number of methoxy groups -OCH3 is 1. The van der Waals surface area contributed by atoms with Gasteiger partial charge in [-0.3, -0.25) is 9.48 Å². The van der Waals surface area contributed by atoms with Gasteiger partial charge in [-0.2, -0.15) is 0 Å². The number of anilines is 1. The predicted molar refractivity (Wildman–Crippen MR) is 145 cm³/mol. The minimum atomic E-state index is -0.290. The van der Waals surface area contributed by atoms with E-state index in [1.54, 1.807) is 11.8 Å². The Labute approximate surface area is 215 Å². The van der Waals surface area contributed by atoms with Gasteiger partial charge in [-0.25, -0.2) is 4.98 Å². The highest BCUT2D eigenvalue weighted by molar-refractivity contribution is 6.04. The lowest BCUT2D eigenvalue weighted by Gasteiger charge is -2.16. The van der Waals surface area contributed by atoms with Crippen molar-refractivity contribution < 1.29 is 9.53 Å². The van der Waals surface area contributed by atoms with Crippen molar-refractivity contribution in [1.29, 1.82) is 0 Å². The van der Waals surface area contributed by atoms with Crippen LogP contribution in [0.3, 0.4) is 0 Å². The second-order valence-corrected chi connectivity index (χ2v) is 9.00. The van der Waals surface area contributed by atoms with Crippen LogP contribution in [-0.4, -0.2) is 38.0 Å². The zero-order valence-electron chi connectivity index (χ0n) is 21.5. The van der Waals surface area contributed by atoms with Gasteiger partial charge in [-0.1, -0.05) is 41.6 Å². The van der Waals surface area contributed by atoms with Gasteiger partial charge >= 0.3 is 0 Å². The summed E-state index contributed by atoms with van der Waals surface area (Å²) in [6, 6.07) is 19.6. The van der Waals surface area contributed by atoms with Gasteiger partial charge in [0.1, 0.15) is 23.0 Å². The Bertz CT molecular complexity index is 1610. The standard InChI is InChI=1S/C29H28N6O2/c1-17-9-6-7-12-22(17)26-18(2)23(13-14-25(26)37-5)28-30-19(3)27(32-28)29(36)31-21-11-8-10-20(15-21)24-16-35(4)34-33-24/h6-16H,1-5H3,(H,30,32)(H,31,36). The molecule has 0 atom stereocenters. The van der Waals surface area contributed by atoms with E-state index in [9.17, 15) is 4.79 Å². The number of hydrogen-bond donors (Lipinski definition) is 2. The van der Waals surface area contributed by atoms with Crippen LogP contribution in [0, 0.1) is 20.8 Å². The van der Waals surface area contributed by atoms with E-state index in [4.69, 9.17) is 9.72 Å². The lowest BCUT2D eigenvalue weighted by Crippen LogP contribution is -2.13. The molecule has 0 unspecified atom stereocenters. The number of aromatic nitrogens is 5. The van der Waals surface area contributed by atoms with Crippen LogP contribution in [0.2, 0.25) is 0 Å². The highest BCUT2D eigenvalue weighted by Crippen LogP contribution is 2.39. The maximum absolute atomic E-state index is 13.2. The average molecular weight is 493 g/mol. The van der Waals surface area contributed by atoms with Crippen LogP contribution in [0.15, 0.2) is 66.9 Å². The summed E-state index contributed by atoms with van der Waals surface area (Å²) in [5, 5.41) is 11.1. The first-order valence-electron chi connectivity index (χ1n) is 11.9. The molecular formula is C29H28N6O2. The van der Waals surface area contributed by atoms with Crippen LogP contribution in [0.1, 0.15) is 27.3 Å². The third kappa shape index (κ3) is 4.61. The van der Waals surface area contributed by atoms with E-state index in [1.165, 1.54) is 0 Å². The molecule has 5 rings (SSSR count). The maximum Gasteiger partial charge on any atom is 0.276 e. The molecule has 8 nitrogen and oxygen atoms in total. The molecule has 0 aliphatic heterocycles. The molecule has 0 aliphatic carbocycles. The Morgan fingerprint density at radius 3 is 2.54 bits per heavy atom. The summed E-state index contributed by atoms with van der Waals surface area (Å²) in [4.78, 5) is 21.2. The van der Waals surface area contributed by atoms with E-state index >= 15 is 0 Å². The molecule has 0 bridgehead atoms. The normalized spacial score (nSPS) is 10.9. The van der Waals surface area contributed by atoms with Gasteiger partial charge in [-0.15, -0.1) is 5.10 Å². The molecule has 0 aliphatic rings. The fourth-order valence-corrected chi connectivity index (χ4v) is 4.54. The molecule has 3 aromatic carbocycles. The number of aromatic amines is 1. The van der Waals surface area contributed by atoms with E-state index in [0.29, 0.717) is 22.9 Å². The molecule has 2 aromatic heterocycles. The van der Waals surface area contributed by atoms with E-state index < -0.39 is 0 Å². The van der Waals surface area contributed by atoms with E-state index in [2.05, 4.69) is 46.6 Å². The number of imidazole rings is 1. The first-order valence-corrected chi connectivity index (χ1v) is 11.9. The van der Waals surface area contributed by atoms with Crippen LogP contribution in [0.4, 0.5) is 5.69 Å². The Balaban J connectivity index is 1.47. The third-order valence-electron chi connectivity index (χ3n) is 6.43. The summed E-state index contributed by atoms with van der Waals surface area (Å²) in [6.07, 6.45) is 1.83. The van der Waals surface area contributed by atoms with Crippen LogP contribution < -0.4 is 10.1 Å². The molecule has 0 spiro atoms. The zero-order chi connectivity index (χ0) is 26.1. The number of aryl methyl sites for hydroxylation is 3. The first kappa shape index (κ1) is 24.0. The highest BCUT2D eigenvalue weighted by atomic mass is 16.5. The Morgan fingerprint density at radius 2 is 1.81 bits per heavy atom. The molecule has 8 heteroatoms. The Kier molecular flexibility index (Phi) is 6.31. The molecule has 0 saturated carbocycles. The molecule has 2 heterocycles. The van der Waals surface area contributed by atoms with Crippen molar-refractivity contribution >= 4 is 11.6 Å². The number of H-pyrrole nitrogens is 1. The topological polar surface area (TPSA) is 97.7 Å². The number of carbonyl (C=O) groups excluding carboxylic acids is 1. The van der Waals surface area contributed by atoms with Crippen molar-refractivity contribution in [1.82, 2.24) is 25.0 Å². The quantitative estimate of drug-likeness (QED) is 0.316. The molecule has 37 heavy (non-hydrogen) atoms. The fraction of sp³-hybridized carbons (Fsp3) is 0.172. The number of hydrogen-bond acceptors (Lipinski definition) is 5. The number of rotatable bonds is 6. The highest BCUT2D eigenvalue weighted by Gasteiger charge is 2.20. The molecule has 0 radical (unpaired) electrons. The predicted octanol–water partition coefficient (Wildman–Crippen LogP) is 5.73. The van der Waals surface area contributed by atoms with Gasteiger partial charge in [0.05, 0.1) is 13.3 Å². The van der Waals surface area contributed by atoms with Gasteiger partial charge in [-0.05, 0) is 61.7 Å². The number of nitrogens with zero attached hydrogens (tertiary/aromatic N) is 4. The van der Waals surface area contributed by atoms with Gasteiger partial charge in [0.2, 0.25) is 0 Å². The Morgan fingerprint density at radius 1 is 1.00 bits per heavy atom. The SMILES string of the molecule is COc1ccc(-c2nc(C(=O)Nc3cccc(-c4cn(C)nn4)c3)c(C)[nH]2)c(C)c1-c1ccccc1C. The Hall–Kier alpha value is -4.72. The minimum absolute atomic E-state index is 0.290. The molecular weight excluding hydrogens is 464 g/mol. The monoisotopic (exact) mass is 492 g/mol. The first-order chi connectivity index (χ1) is 17.9. The lowest BCUT2D eigenvalue weighted by atomic mass is 9.92. The molecule has 186 valence electrons. The van der Waals surface area contributed by atoms with Crippen LogP contribution in [-0.2, 0) is 7.05 Å². The van der Waals surface area contributed by atoms with Crippen molar-refractivity contribution in [2.75, 3.05) is 12.4 Å². The van der Waals surface area contributed by atoms with Crippen molar-refractivity contribution in [3.63, 3.8) is 0 Å². The van der Waals surface area contributed by atoms with E-state index in [-0.39, 0.29) is 5.91 Å². The second kappa shape index (κ2) is 9.73. The van der Waals surface area contributed by atoms with Gasteiger partial charge in [0.15, 0.2) is 0 Å². The molecule has 0 fully saturated rings. The van der Waals surface area contributed by atoms with Gasteiger partial charge < -0.3 is 15.0 Å². The summed E-state index contributed by atoms with van der Waals surface area (Å²) in [5.41, 5.74) is 8.47. The minimum Gasteiger partial charge on any atom is -0.496 e. The zero-order valence-corrected chi connectivity index (χ0v) is 21.5.